The van der Waals surface area contributed by atoms with Crippen LogP contribution in [0.3, 0.4) is 0 Å². The Balaban J connectivity index is -0.0000000944. The second-order valence-electron chi connectivity index (χ2n) is 4.36. The fourth-order valence-electron chi connectivity index (χ4n) is 0.739. The van der Waals surface area contributed by atoms with Crippen molar-refractivity contribution in [2.24, 2.45) is 17.2 Å². The fraction of sp³-hybridized carbons (Fsp3) is 0.800. The van der Waals surface area contributed by atoms with Crippen molar-refractivity contribution in [3.05, 3.63) is 0 Å². The molecule has 0 rings (SSSR count). The summed E-state index contributed by atoms with van der Waals surface area (Å²) in [6.45, 7) is 10.0. The maximum absolute atomic E-state index is 9.82. The molecule has 0 bridgehead atoms. The molecule has 0 fully saturated rings. The lowest BCUT2D eigenvalue weighted by atomic mass is 10.3. The van der Waals surface area contributed by atoms with Gasteiger partial charge in [0.1, 0.15) is 0 Å². The van der Waals surface area contributed by atoms with E-state index in [2.05, 4.69) is 13.8 Å². The van der Waals surface area contributed by atoms with E-state index < -0.39 is 0 Å². The molecule has 0 aromatic rings. The van der Waals surface area contributed by atoms with Gasteiger partial charge in [0, 0.05) is 19.3 Å². The molecule has 6 heteroatoms. The van der Waals surface area contributed by atoms with Crippen LogP contribution in [0.5, 0.6) is 0 Å². The number of hydrogen-bond donors (Lipinski definition) is 3. The van der Waals surface area contributed by atoms with Crippen molar-refractivity contribution >= 4 is 17.7 Å². The molecule has 0 saturated heterocycles. The first-order valence-electron chi connectivity index (χ1n) is 7.57. The predicted octanol–water partition coefficient (Wildman–Crippen LogP) is 2.23. The van der Waals surface area contributed by atoms with Gasteiger partial charge >= 0.3 is 0 Å². The summed E-state index contributed by atoms with van der Waals surface area (Å²) >= 11 is 0. The van der Waals surface area contributed by atoms with Crippen LogP contribution < -0.4 is 17.2 Å². The molecule has 0 aliphatic heterocycles. The topological polar surface area (TPSA) is 129 Å². The summed E-state index contributed by atoms with van der Waals surface area (Å²) in [6, 6.07) is 0. The molecule has 6 N–H and O–H groups in total. The summed E-state index contributed by atoms with van der Waals surface area (Å²) in [4.78, 5) is 29.5. The first-order chi connectivity index (χ1) is 9.72. The van der Waals surface area contributed by atoms with Crippen molar-refractivity contribution in [3.63, 3.8) is 0 Å². The first kappa shape index (κ1) is 27.7. The van der Waals surface area contributed by atoms with Gasteiger partial charge in [0.05, 0.1) is 0 Å². The zero-order valence-corrected chi connectivity index (χ0v) is 14.4. The Morgan fingerprint density at radius 2 is 0.714 bits per heavy atom. The molecule has 0 aromatic carbocycles. The van der Waals surface area contributed by atoms with Gasteiger partial charge in [0.15, 0.2) is 0 Å². The highest BCUT2D eigenvalue weighted by molar-refractivity contribution is 5.74. The lowest BCUT2D eigenvalue weighted by Gasteiger charge is -1.81. The molecule has 0 spiro atoms. The number of hydrogen-bond acceptors (Lipinski definition) is 3. The van der Waals surface area contributed by atoms with Gasteiger partial charge in [-0.15, -0.1) is 0 Å². The van der Waals surface area contributed by atoms with Gasteiger partial charge in [-0.05, 0) is 19.3 Å². The van der Waals surface area contributed by atoms with Crippen LogP contribution >= 0.6 is 0 Å². The van der Waals surface area contributed by atoms with Crippen molar-refractivity contribution in [2.75, 3.05) is 0 Å². The van der Waals surface area contributed by atoms with Crippen LogP contribution in [0, 0.1) is 0 Å². The van der Waals surface area contributed by atoms with E-state index in [4.69, 9.17) is 17.2 Å². The van der Waals surface area contributed by atoms with Gasteiger partial charge in [0.2, 0.25) is 17.7 Å². The van der Waals surface area contributed by atoms with Crippen LogP contribution in [0.1, 0.15) is 79.6 Å². The van der Waals surface area contributed by atoms with Crippen LogP contribution in [0.2, 0.25) is 0 Å². The van der Waals surface area contributed by atoms with Gasteiger partial charge in [-0.25, -0.2) is 0 Å². The number of nitrogens with two attached hydrogens (primary N) is 3. The van der Waals surface area contributed by atoms with Crippen molar-refractivity contribution in [3.8, 4) is 0 Å². The highest BCUT2D eigenvalue weighted by Gasteiger charge is 1.85. The lowest BCUT2D eigenvalue weighted by Crippen LogP contribution is -2.08. The van der Waals surface area contributed by atoms with Gasteiger partial charge < -0.3 is 17.2 Å². The van der Waals surface area contributed by atoms with E-state index in [0.717, 1.165) is 19.3 Å². The SMILES string of the molecule is CCC.CCCC(N)=O.CCCC(N)=O.CCCC(N)=O. The quantitative estimate of drug-likeness (QED) is 0.695. The van der Waals surface area contributed by atoms with Crippen molar-refractivity contribution < 1.29 is 14.4 Å². The summed E-state index contributed by atoms with van der Waals surface area (Å²) in [6.07, 6.45) is 5.36. The summed E-state index contributed by atoms with van der Waals surface area (Å²) in [5.74, 6) is -0.632. The average molecular weight is 305 g/mol. The molecule has 6 nitrogen and oxygen atoms in total. The molecular weight excluding hydrogens is 270 g/mol. The molecular formula is C15H35N3O3. The maximum Gasteiger partial charge on any atom is 0.217 e. The monoisotopic (exact) mass is 305 g/mol. The minimum Gasteiger partial charge on any atom is -0.370 e. The standard InChI is InChI=1S/3C4H9NO.C3H8/c3*1-2-3-4(5)6;1-3-2/h3*2-3H2,1H3,(H2,5,6);3H2,1-2H3. The highest BCUT2D eigenvalue weighted by Crippen LogP contribution is 1.80. The second kappa shape index (κ2) is 26.9. The van der Waals surface area contributed by atoms with E-state index in [1.54, 1.807) is 0 Å². The molecule has 0 unspecified atom stereocenters. The minimum atomic E-state index is -0.211. The van der Waals surface area contributed by atoms with E-state index in [0.29, 0.717) is 19.3 Å². The Bertz CT molecular complexity index is 206. The van der Waals surface area contributed by atoms with E-state index in [1.165, 1.54) is 6.42 Å². The van der Waals surface area contributed by atoms with E-state index in [1.807, 2.05) is 20.8 Å². The largest absolute Gasteiger partial charge is 0.370 e. The Hall–Kier alpha value is -1.59. The Morgan fingerprint density at radius 3 is 0.714 bits per heavy atom. The molecule has 0 aromatic heterocycles. The van der Waals surface area contributed by atoms with Crippen molar-refractivity contribution in [1.29, 1.82) is 0 Å². The third kappa shape index (κ3) is 90.3. The summed E-state index contributed by atoms with van der Waals surface area (Å²) in [7, 11) is 0. The number of amides is 3. The fourth-order valence-corrected chi connectivity index (χ4v) is 0.739. The van der Waals surface area contributed by atoms with Crippen LogP contribution in [0.15, 0.2) is 0 Å². The number of primary amides is 3. The molecule has 0 heterocycles. The Morgan fingerprint density at radius 1 is 0.571 bits per heavy atom. The van der Waals surface area contributed by atoms with Crippen molar-refractivity contribution in [2.45, 2.75) is 79.6 Å². The Kier molecular flexibility index (Phi) is 35.5. The normalized spacial score (nSPS) is 7.86. The van der Waals surface area contributed by atoms with Crippen molar-refractivity contribution in [1.82, 2.24) is 0 Å². The molecule has 3 amide bonds. The first-order valence-corrected chi connectivity index (χ1v) is 7.57. The second-order valence-corrected chi connectivity index (χ2v) is 4.36. The van der Waals surface area contributed by atoms with Gasteiger partial charge in [0.25, 0.3) is 0 Å². The van der Waals surface area contributed by atoms with E-state index in [-0.39, 0.29) is 17.7 Å². The third-order valence-electron chi connectivity index (χ3n) is 1.49. The summed E-state index contributed by atoms with van der Waals surface area (Å²) < 4.78 is 0. The molecule has 0 aliphatic carbocycles. The smallest absolute Gasteiger partial charge is 0.217 e. The minimum absolute atomic E-state index is 0.211. The van der Waals surface area contributed by atoms with Gasteiger partial charge in [-0.1, -0.05) is 41.0 Å². The molecule has 128 valence electrons. The van der Waals surface area contributed by atoms with Gasteiger partial charge in [-0.2, -0.15) is 0 Å². The zero-order valence-electron chi connectivity index (χ0n) is 14.4. The van der Waals surface area contributed by atoms with Crippen LogP contribution in [0.4, 0.5) is 0 Å². The maximum atomic E-state index is 9.82. The zero-order chi connectivity index (χ0) is 17.7. The van der Waals surface area contributed by atoms with Crippen LogP contribution in [0.25, 0.3) is 0 Å². The highest BCUT2D eigenvalue weighted by atomic mass is 16.1. The van der Waals surface area contributed by atoms with Gasteiger partial charge in [-0.3, -0.25) is 14.4 Å². The predicted molar refractivity (Wildman–Crippen MR) is 88.3 cm³/mol. The number of carbonyl (C=O) groups is 3. The molecule has 21 heavy (non-hydrogen) atoms. The summed E-state index contributed by atoms with van der Waals surface area (Å²) in [5.41, 5.74) is 14.3. The molecule has 0 atom stereocenters. The lowest BCUT2D eigenvalue weighted by molar-refractivity contribution is -0.118. The Labute approximate surface area is 129 Å². The molecule has 0 saturated carbocycles. The van der Waals surface area contributed by atoms with E-state index >= 15 is 0 Å². The van der Waals surface area contributed by atoms with Crippen LogP contribution in [-0.4, -0.2) is 17.7 Å². The van der Waals surface area contributed by atoms with Crippen LogP contribution in [-0.2, 0) is 14.4 Å². The number of carbonyl (C=O) groups excluding carboxylic acids is 3. The summed E-state index contributed by atoms with van der Waals surface area (Å²) in [5, 5.41) is 0. The number of rotatable bonds is 6. The van der Waals surface area contributed by atoms with E-state index in [9.17, 15) is 14.4 Å². The third-order valence-corrected chi connectivity index (χ3v) is 1.49. The molecule has 0 aliphatic rings. The molecule has 0 radical (unpaired) electrons. The average Bonchev–Trinajstić information content (AvgIpc) is 2.30.